The summed E-state index contributed by atoms with van der Waals surface area (Å²) in [6, 6.07) is 0.202. The standard InChI is InChI=1S/C52H71Cl2F5N10O8/c1-8-34-46(74)66(5)24-13-10-16-38(43(71)65-37(25-30(2)3)48(76)68(7)39(44(72)63-34)27-31-26-32(53)18-19-33(31)54)67(6)47(75)36(20-23-61-42(70)35-15-14-17-41(60-4)62-35)64-45(73)40-28-51(55,56)29-69(40)49(77)50(52(57,58)59)21-11-9-12-22-50/h14-15,17-19,26,30,34,36-40H,8-13,16,20-25,27-29H2,1-7H3,(H,60,62)(H,61,70)(H,63,72)(H,64,73)(H,65,71)/t34-,36+,37+,38+,39+,40+/m1/s1. The van der Waals surface area contributed by atoms with E-state index in [1.807, 2.05) is 0 Å². The Morgan fingerprint density at radius 2 is 1.60 bits per heavy atom. The van der Waals surface area contributed by atoms with Crippen molar-refractivity contribution in [3.8, 4) is 0 Å². The number of nitrogens with one attached hydrogen (secondary N) is 5. The van der Waals surface area contributed by atoms with Crippen molar-refractivity contribution in [2.24, 2.45) is 11.3 Å². The molecular weight excluding hydrogens is 1060 g/mol. The number of carbonyl (C=O) groups excluding carboxylic acids is 8. The lowest BCUT2D eigenvalue weighted by atomic mass is 9.72. The molecule has 1 saturated carbocycles. The molecule has 426 valence electrons. The SMILES string of the molecule is CC[C@H]1NC(=O)[C@H](Cc2cc(Cl)ccc2Cl)N(C)C(=O)[C@H](CC(C)C)NC(=O)[C@@H](N(C)C(=O)[C@H](CCNC(=O)c2cccc(NC)n2)NC(=O)[C@@H]2CC(F)(F)CN2C(=O)C2(C(F)(F)F)CCCCC2)CCCCN(C)C1=O. The van der Waals surface area contributed by atoms with Crippen molar-refractivity contribution in [1.82, 2.24) is 45.9 Å². The van der Waals surface area contributed by atoms with Crippen LogP contribution in [0.1, 0.15) is 114 Å². The number of anilines is 1. The van der Waals surface area contributed by atoms with Crippen molar-refractivity contribution in [2.45, 2.75) is 153 Å². The summed E-state index contributed by atoms with van der Waals surface area (Å²) in [4.78, 5) is 122. The predicted molar refractivity (Wildman–Crippen MR) is 278 cm³/mol. The zero-order chi connectivity index (χ0) is 57.2. The zero-order valence-electron chi connectivity index (χ0n) is 44.5. The maximum Gasteiger partial charge on any atom is 0.403 e. The van der Waals surface area contributed by atoms with Gasteiger partial charge in [-0.25, -0.2) is 13.8 Å². The Balaban J connectivity index is 1.52. The predicted octanol–water partition coefficient (Wildman–Crippen LogP) is 5.75. The summed E-state index contributed by atoms with van der Waals surface area (Å²) in [5, 5.41) is 13.9. The molecule has 3 aliphatic rings. The molecule has 1 aromatic heterocycles. The average Bonchev–Trinajstić information content (AvgIpc) is 3.74. The molecule has 2 aromatic rings. The molecule has 1 aliphatic carbocycles. The summed E-state index contributed by atoms with van der Waals surface area (Å²) < 4.78 is 75.2. The normalized spacial score (nSPS) is 23.2. The first-order valence-corrected chi connectivity index (χ1v) is 26.7. The first kappa shape index (κ1) is 62.0. The second kappa shape index (κ2) is 26.7. The Morgan fingerprint density at radius 1 is 0.922 bits per heavy atom. The lowest BCUT2D eigenvalue weighted by molar-refractivity contribution is -0.236. The molecule has 3 fully saturated rings. The Morgan fingerprint density at radius 3 is 2.23 bits per heavy atom. The van der Waals surface area contributed by atoms with E-state index in [4.69, 9.17) is 23.2 Å². The molecule has 25 heteroatoms. The lowest BCUT2D eigenvalue weighted by Crippen LogP contribution is -2.61. The molecule has 6 atom stereocenters. The van der Waals surface area contributed by atoms with Crippen LogP contribution in [0.25, 0.3) is 0 Å². The molecule has 3 heterocycles. The monoisotopic (exact) mass is 1130 g/mol. The Bertz CT molecular complexity index is 2480. The van der Waals surface area contributed by atoms with Gasteiger partial charge in [-0.3, -0.25) is 38.4 Å². The highest BCUT2D eigenvalue weighted by Gasteiger charge is 2.64. The van der Waals surface area contributed by atoms with E-state index >= 15 is 8.78 Å². The quantitative estimate of drug-likeness (QED) is 0.136. The number of nitrogens with zero attached hydrogens (tertiary/aromatic N) is 5. The van der Waals surface area contributed by atoms with E-state index in [9.17, 15) is 51.5 Å². The van der Waals surface area contributed by atoms with E-state index in [2.05, 4.69) is 31.6 Å². The molecular formula is C52H71Cl2F5N10O8. The van der Waals surface area contributed by atoms with Crippen LogP contribution in [-0.4, -0.2) is 168 Å². The molecule has 5 N–H and O–H groups in total. The lowest BCUT2D eigenvalue weighted by Gasteiger charge is -2.41. The molecule has 18 nitrogen and oxygen atoms in total. The molecule has 2 saturated heterocycles. The minimum Gasteiger partial charge on any atom is -0.373 e. The number of carbonyl (C=O) groups is 8. The van der Waals surface area contributed by atoms with Gasteiger partial charge in [-0.15, -0.1) is 0 Å². The molecule has 0 radical (unpaired) electrons. The molecule has 77 heavy (non-hydrogen) atoms. The van der Waals surface area contributed by atoms with E-state index in [0.29, 0.717) is 22.8 Å². The van der Waals surface area contributed by atoms with Crippen molar-refractivity contribution in [1.29, 1.82) is 0 Å². The largest absolute Gasteiger partial charge is 0.403 e. The smallest absolute Gasteiger partial charge is 0.373 e. The van der Waals surface area contributed by atoms with Gasteiger partial charge >= 0.3 is 6.18 Å². The van der Waals surface area contributed by atoms with Gasteiger partial charge in [0, 0.05) is 64.2 Å². The van der Waals surface area contributed by atoms with Gasteiger partial charge in [-0.2, -0.15) is 13.2 Å². The second-order valence-electron chi connectivity index (χ2n) is 20.7. The highest BCUT2D eigenvalue weighted by Crippen LogP contribution is 2.51. The van der Waals surface area contributed by atoms with Crippen molar-refractivity contribution >= 4 is 76.3 Å². The van der Waals surface area contributed by atoms with Gasteiger partial charge in [0.25, 0.3) is 11.8 Å². The summed E-state index contributed by atoms with van der Waals surface area (Å²) in [6.45, 7) is 3.57. The van der Waals surface area contributed by atoms with Crippen LogP contribution in [-0.2, 0) is 40.0 Å². The average molecular weight is 1130 g/mol. The van der Waals surface area contributed by atoms with Crippen LogP contribution < -0.4 is 26.6 Å². The third-order valence-electron chi connectivity index (χ3n) is 14.7. The third-order valence-corrected chi connectivity index (χ3v) is 15.3. The highest BCUT2D eigenvalue weighted by atomic mass is 35.5. The number of halogens is 7. The first-order chi connectivity index (χ1) is 36.1. The van der Waals surface area contributed by atoms with Crippen molar-refractivity contribution in [3.63, 3.8) is 0 Å². The maximum absolute atomic E-state index is 15.4. The van der Waals surface area contributed by atoms with E-state index in [-0.39, 0.29) is 86.0 Å². The minimum absolute atomic E-state index is 0.00130. The zero-order valence-corrected chi connectivity index (χ0v) is 46.0. The number of alkyl halides is 5. The fraction of sp³-hybridized carbons (Fsp3) is 0.635. The third kappa shape index (κ3) is 15.5. The van der Waals surface area contributed by atoms with Gasteiger partial charge in [-0.05, 0) is 93.2 Å². The van der Waals surface area contributed by atoms with Crippen molar-refractivity contribution in [2.75, 3.05) is 53.1 Å². The summed E-state index contributed by atoms with van der Waals surface area (Å²) in [5.41, 5.74) is -2.65. The number of hydrogen-bond donors (Lipinski definition) is 5. The number of hydrogen-bond acceptors (Lipinski definition) is 10. The number of pyridine rings is 1. The number of likely N-dealkylation sites (N-methyl/N-ethyl adjacent to an activating group) is 3. The van der Waals surface area contributed by atoms with E-state index in [1.54, 1.807) is 52.1 Å². The number of benzene rings is 1. The summed E-state index contributed by atoms with van der Waals surface area (Å²) in [7, 11) is 5.70. The number of aromatic nitrogens is 1. The summed E-state index contributed by atoms with van der Waals surface area (Å²) in [5.74, 6) is -11.1. The Kier molecular flexibility index (Phi) is 21.5. The molecule has 0 spiro atoms. The Hall–Kier alpha value is -5.84. The van der Waals surface area contributed by atoms with Gasteiger partial charge in [0.15, 0.2) is 0 Å². The van der Waals surface area contributed by atoms with Crippen LogP contribution in [0.3, 0.4) is 0 Å². The first-order valence-electron chi connectivity index (χ1n) is 26.0. The summed E-state index contributed by atoms with van der Waals surface area (Å²) in [6.07, 6.45) is -7.47. The molecule has 0 unspecified atom stereocenters. The van der Waals surface area contributed by atoms with Crippen molar-refractivity contribution < 1.29 is 60.3 Å². The fourth-order valence-corrected chi connectivity index (χ4v) is 10.6. The molecule has 2 aliphatic heterocycles. The summed E-state index contributed by atoms with van der Waals surface area (Å²) >= 11 is 12.9. The number of amides is 8. The van der Waals surface area contributed by atoms with Crippen LogP contribution in [0.2, 0.25) is 10.0 Å². The highest BCUT2D eigenvalue weighted by molar-refractivity contribution is 6.33. The van der Waals surface area contributed by atoms with Gasteiger partial charge in [0.2, 0.25) is 41.4 Å². The fourth-order valence-electron chi connectivity index (χ4n) is 10.2. The van der Waals surface area contributed by atoms with Crippen LogP contribution in [0.15, 0.2) is 36.4 Å². The number of likely N-dealkylation sites (tertiary alicyclic amines) is 1. The molecule has 5 rings (SSSR count). The minimum atomic E-state index is -5.13. The van der Waals surface area contributed by atoms with Crippen LogP contribution >= 0.6 is 23.2 Å². The van der Waals surface area contributed by atoms with Crippen LogP contribution in [0.4, 0.5) is 27.8 Å². The molecule has 8 amide bonds. The van der Waals surface area contributed by atoms with Gasteiger partial charge < -0.3 is 46.2 Å². The van der Waals surface area contributed by atoms with E-state index < -0.39 is 133 Å². The van der Waals surface area contributed by atoms with Crippen molar-refractivity contribution in [3.05, 3.63) is 57.7 Å². The van der Waals surface area contributed by atoms with E-state index in [1.165, 1.54) is 38.2 Å². The van der Waals surface area contributed by atoms with Gasteiger partial charge in [0.1, 0.15) is 53.2 Å². The maximum atomic E-state index is 15.4. The van der Waals surface area contributed by atoms with Crippen LogP contribution in [0.5, 0.6) is 0 Å². The second-order valence-corrected chi connectivity index (χ2v) is 21.5. The number of rotatable bonds is 15. The van der Waals surface area contributed by atoms with E-state index in [0.717, 1.165) is 9.80 Å². The topological polar surface area (TPSA) is 223 Å². The van der Waals surface area contributed by atoms with Gasteiger partial charge in [0.05, 0.1) is 6.54 Å². The Labute approximate surface area is 455 Å². The van der Waals surface area contributed by atoms with Crippen LogP contribution in [0, 0.1) is 11.3 Å². The molecule has 0 bridgehead atoms. The molecule has 1 aromatic carbocycles. The van der Waals surface area contributed by atoms with Gasteiger partial charge in [-0.1, -0.05) is 69.3 Å².